The minimum absolute atomic E-state index is 0.376. The summed E-state index contributed by atoms with van der Waals surface area (Å²) in [7, 11) is 0. The number of fused-ring (bicyclic) bond motifs is 1. The number of rotatable bonds is 1. The third kappa shape index (κ3) is 1.96. The molecule has 0 aliphatic heterocycles. The minimum atomic E-state index is -0.588. The van der Waals surface area contributed by atoms with Crippen molar-refractivity contribution >= 4 is 22.5 Å². The monoisotopic (exact) mass is 221 g/mol. The van der Waals surface area contributed by atoms with Crippen molar-refractivity contribution in [2.24, 2.45) is 0 Å². The third-order valence-corrected chi connectivity index (χ3v) is 2.70. The van der Waals surface area contributed by atoms with Gasteiger partial charge in [0.15, 0.2) is 0 Å². The molecule has 1 aromatic heterocycles. The zero-order valence-electron chi connectivity index (χ0n) is 8.66. The molecular weight excluding hydrogens is 210 g/mol. The van der Waals surface area contributed by atoms with E-state index in [0.29, 0.717) is 10.7 Å². The van der Waals surface area contributed by atoms with Crippen LogP contribution in [0.4, 0.5) is 0 Å². The number of hydrogen-bond donors (Lipinski definition) is 1. The predicted molar refractivity (Wildman–Crippen MR) is 62.1 cm³/mol. The number of aryl methyl sites for hydroxylation is 1. The van der Waals surface area contributed by atoms with E-state index in [4.69, 9.17) is 11.6 Å². The fourth-order valence-corrected chi connectivity index (χ4v) is 1.89. The van der Waals surface area contributed by atoms with Crippen LogP contribution in [-0.2, 0) is 0 Å². The summed E-state index contributed by atoms with van der Waals surface area (Å²) in [5, 5.41) is 10.9. The Hall–Kier alpha value is -1.12. The molecule has 3 heteroatoms. The highest BCUT2D eigenvalue weighted by molar-refractivity contribution is 6.30. The fourth-order valence-electron chi connectivity index (χ4n) is 1.58. The second-order valence-electron chi connectivity index (χ2n) is 3.74. The zero-order valence-corrected chi connectivity index (χ0v) is 9.42. The van der Waals surface area contributed by atoms with Gasteiger partial charge in [-0.1, -0.05) is 23.2 Å². The molecule has 0 spiro atoms. The molecule has 0 fully saturated rings. The SMILES string of the molecule is Cc1ccc2nc(Cl)c([C@@H](C)O)cc2c1. The largest absolute Gasteiger partial charge is 0.389 e. The van der Waals surface area contributed by atoms with Crippen LogP contribution in [-0.4, -0.2) is 10.1 Å². The molecular formula is C12H12ClNO. The van der Waals surface area contributed by atoms with Crippen molar-refractivity contribution in [1.82, 2.24) is 4.98 Å². The van der Waals surface area contributed by atoms with Gasteiger partial charge in [0.2, 0.25) is 0 Å². The molecule has 0 amide bonds. The Labute approximate surface area is 93.5 Å². The van der Waals surface area contributed by atoms with E-state index < -0.39 is 6.10 Å². The van der Waals surface area contributed by atoms with Gasteiger partial charge in [-0.05, 0) is 32.0 Å². The Morgan fingerprint density at radius 3 is 2.73 bits per heavy atom. The van der Waals surface area contributed by atoms with Crippen molar-refractivity contribution in [3.63, 3.8) is 0 Å². The summed E-state index contributed by atoms with van der Waals surface area (Å²) in [6, 6.07) is 7.85. The molecule has 15 heavy (non-hydrogen) atoms. The van der Waals surface area contributed by atoms with E-state index in [1.807, 2.05) is 31.2 Å². The van der Waals surface area contributed by atoms with E-state index in [0.717, 1.165) is 10.9 Å². The summed E-state index contributed by atoms with van der Waals surface area (Å²) in [5.41, 5.74) is 2.70. The predicted octanol–water partition coefficient (Wildman–Crippen LogP) is 3.25. The maximum absolute atomic E-state index is 9.51. The summed E-state index contributed by atoms with van der Waals surface area (Å²) in [4.78, 5) is 4.24. The highest BCUT2D eigenvalue weighted by Crippen LogP contribution is 2.25. The van der Waals surface area contributed by atoms with Gasteiger partial charge in [0.05, 0.1) is 11.6 Å². The number of nitrogens with zero attached hydrogens (tertiary/aromatic N) is 1. The molecule has 2 aromatic rings. The van der Waals surface area contributed by atoms with Crippen molar-refractivity contribution < 1.29 is 5.11 Å². The van der Waals surface area contributed by atoms with Crippen LogP contribution >= 0.6 is 11.6 Å². The number of halogens is 1. The number of hydrogen-bond acceptors (Lipinski definition) is 2. The summed E-state index contributed by atoms with van der Waals surface area (Å²) < 4.78 is 0. The third-order valence-electron chi connectivity index (χ3n) is 2.40. The molecule has 1 heterocycles. The Kier molecular flexibility index (Phi) is 2.63. The molecule has 0 aliphatic carbocycles. The van der Waals surface area contributed by atoms with Crippen LogP contribution in [0.1, 0.15) is 24.2 Å². The number of pyridine rings is 1. The Morgan fingerprint density at radius 2 is 2.07 bits per heavy atom. The first kappa shape index (κ1) is 10.4. The van der Waals surface area contributed by atoms with Gasteiger partial charge in [-0.3, -0.25) is 0 Å². The van der Waals surface area contributed by atoms with Crippen LogP contribution in [0.25, 0.3) is 10.9 Å². The van der Waals surface area contributed by atoms with E-state index >= 15 is 0 Å². The van der Waals surface area contributed by atoms with E-state index in [1.165, 1.54) is 5.56 Å². The maximum atomic E-state index is 9.51. The zero-order chi connectivity index (χ0) is 11.0. The van der Waals surface area contributed by atoms with Gasteiger partial charge in [0.25, 0.3) is 0 Å². The summed E-state index contributed by atoms with van der Waals surface area (Å²) in [6.45, 7) is 3.71. The van der Waals surface area contributed by atoms with Crippen molar-refractivity contribution in [2.45, 2.75) is 20.0 Å². The Bertz CT molecular complexity index is 508. The molecule has 2 rings (SSSR count). The highest BCUT2D eigenvalue weighted by atomic mass is 35.5. The van der Waals surface area contributed by atoms with Crippen LogP contribution in [0.5, 0.6) is 0 Å². The lowest BCUT2D eigenvalue weighted by atomic mass is 10.1. The van der Waals surface area contributed by atoms with Crippen molar-refractivity contribution in [2.75, 3.05) is 0 Å². The first-order valence-electron chi connectivity index (χ1n) is 4.83. The van der Waals surface area contributed by atoms with Crippen LogP contribution < -0.4 is 0 Å². The first-order chi connectivity index (χ1) is 7.08. The summed E-state index contributed by atoms with van der Waals surface area (Å²) >= 11 is 5.97. The average molecular weight is 222 g/mol. The molecule has 2 nitrogen and oxygen atoms in total. The quantitative estimate of drug-likeness (QED) is 0.750. The van der Waals surface area contributed by atoms with E-state index in [9.17, 15) is 5.11 Å². The van der Waals surface area contributed by atoms with Gasteiger partial charge in [0, 0.05) is 10.9 Å². The van der Waals surface area contributed by atoms with Crippen LogP contribution in [0.3, 0.4) is 0 Å². The molecule has 1 N–H and O–H groups in total. The summed E-state index contributed by atoms with van der Waals surface area (Å²) in [6.07, 6.45) is -0.588. The van der Waals surface area contributed by atoms with Crippen molar-refractivity contribution in [3.8, 4) is 0 Å². The normalized spacial score (nSPS) is 13.1. The van der Waals surface area contributed by atoms with Crippen LogP contribution in [0, 0.1) is 6.92 Å². The second-order valence-corrected chi connectivity index (χ2v) is 4.10. The van der Waals surface area contributed by atoms with Gasteiger partial charge >= 0.3 is 0 Å². The molecule has 1 aromatic carbocycles. The standard InChI is InChI=1S/C12H12ClNO/c1-7-3-4-11-9(5-7)6-10(8(2)15)12(13)14-11/h3-6,8,15H,1-2H3/t8-/m1/s1. The molecule has 78 valence electrons. The number of aliphatic hydroxyl groups excluding tert-OH is 1. The lowest BCUT2D eigenvalue weighted by molar-refractivity contribution is 0.199. The minimum Gasteiger partial charge on any atom is -0.389 e. The van der Waals surface area contributed by atoms with Crippen LogP contribution in [0.2, 0.25) is 5.15 Å². The molecule has 0 saturated carbocycles. The van der Waals surface area contributed by atoms with Crippen molar-refractivity contribution in [3.05, 3.63) is 40.5 Å². The number of benzene rings is 1. The molecule has 0 unspecified atom stereocenters. The first-order valence-corrected chi connectivity index (χ1v) is 5.20. The second kappa shape index (κ2) is 3.80. The smallest absolute Gasteiger partial charge is 0.135 e. The molecule has 0 radical (unpaired) electrons. The van der Waals surface area contributed by atoms with Gasteiger partial charge in [-0.15, -0.1) is 0 Å². The van der Waals surface area contributed by atoms with Crippen molar-refractivity contribution in [1.29, 1.82) is 0 Å². The van der Waals surface area contributed by atoms with E-state index in [1.54, 1.807) is 6.92 Å². The molecule has 1 atom stereocenters. The van der Waals surface area contributed by atoms with Gasteiger partial charge < -0.3 is 5.11 Å². The lowest BCUT2D eigenvalue weighted by Gasteiger charge is -2.08. The van der Waals surface area contributed by atoms with Crippen LogP contribution in [0.15, 0.2) is 24.3 Å². The lowest BCUT2D eigenvalue weighted by Crippen LogP contribution is -1.95. The van der Waals surface area contributed by atoms with Gasteiger partial charge in [-0.2, -0.15) is 0 Å². The van der Waals surface area contributed by atoms with E-state index in [-0.39, 0.29) is 0 Å². The molecule has 0 bridgehead atoms. The molecule has 0 saturated heterocycles. The summed E-state index contributed by atoms with van der Waals surface area (Å²) in [5.74, 6) is 0. The van der Waals surface area contributed by atoms with Gasteiger partial charge in [0.1, 0.15) is 5.15 Å². The Balaban J connectivity index is 2.72. The van der Waals surface area contributed by atoms with E-state index in [2.05, 4.69) is 4.98 Å². The highest BCUT2D eigenvalue weighted by Gasteiger charge is 2.09. The number of aliphatic hydroxyl groups is 1. The Morgan fingerprint density at radius 1 is 1.33 bits per heavy atom. The van der Waals surface area contributed by atoms with Gasteiger partial charge in [-0.25, -0.2) is 4.98 Å². The fraction of sp³-hybridized carbons (Fsp3) is 0.250. The number of aromatic nitrogens is 1. The molecule has 0 aliphatic rings. The topological polar surface area (TPSA) is 33.1 Å². The average Bonchev–Trinajstić information content (AvgIpc) is 2.17. The maximum Gasteiger partial charge on any atom is 0.135 e.